The number of carbonyl (C=O) groups excluding carboxylic acids is 1. The normalized spacial score (nSPS) is 14.0. The molecule has 1 heterocycles. The lowest BCUT2D eigenvalue weighted by Gasteiger charge is -2.29. The van der Waals surface area contributed by atoms with Crippen molar-refractivity contribution in [2.24, 2.45) is 0 Å². The summed E-state index contributed by atoms with van der Waals surface area (Å²) < 4.78 is 43.2. The van der Waals surface area contributed by atoms with E-state index in [0.29, 0.717) is 36.1 Å². The van der Waals surface area contributed by atoms with E-state index in [4.69, 9.17) is 14.2 Å². The highest BCUT2D eigenvalue weighted by Gasteiger charge is 2.27. The summed E-state index contributed by atoms with van der Waals surface area (Å²) in [6.45, 7) is 4.71. The maximum Gasteiger partial charge on any atom is 0.257 e. The standard InChI is InChI=1S/C24H32N2O6S/c1-17(2)18-5-7-21(8-6-18)32-16-24(27)25-10-12-33(28,29)26-11-9-19-13-22(30-3)23(31-4)14-20(19)15-26/h5-8,13-14,17H,9-12,15-16H2,1-4H3,(H,25,27). The van der Waals surface area contributed by atoms with Gasteiger partial charge in [-0.25, -0.2) is 8.42 Å². The Balaban J connectivity index is 1.48. The van der Waals surface area contributed by atoms with Gasteiger partial charge in [-0.05, 0) is 53.3 Å². The van der Waals surface area contributed by atoms with E-state index < -0.39 is 10.0 Å². The van der Waals surface area contributed by atoms with Gasteiger partial charge in [0.2, 0.25) is 10.0 Å². The van der Waals surface area contributed by atoms with Crippen LogP contribution in [-0.2, 0) is 27.8 Å². The number of hydrogen-bond acceptors (Lipinski definition) is 6. The molecule has 3 rings (SSSR count). The van der Waals surface area contributed by atoms with Gasteiger partial charge in [0.1, 0.15) is 5.75 Å². The molecule has 0 fully saturated rings. The average Bonchev–Trinajstić information content (AvgIpc) is 2.81. The molecule has 9 heteroatoms. The van der Waals surface area contributed by atoms with Crippen molar-refractivity contribution in [3.63, 3.8) is 0 Å². The molecule has 1 N–H and O–H groups in total. The molecule has 1 aliphatic heterocycles. The van der Waals surface area contributed by atoms with Gasteiger partial charge in [0.15, 0.2) is 18.1 Å². The molecule has 180 valence electrons. The van der Waals surface area contributed by atoms with Gasteiger partial charge in [0.25, 0.3) is 5.91 Å². The van der Waals surface area contributed by atoms with Crippen LogP contribution >= 0.6 is 0 Å². The highest BCUT2D eigenvalue weighted by molar-refractivity contribution is 7.89. The summed E-state index contributed by atoms with van der Waals surface area (Å²) in [6, 6.07) is 11.3. The van der Waals surface area contributed by atoms with Gasteiger partial charge in [-0.2, -0.15) is 4.31 Å². The lowest BCUT2D eigenvalue weighted by Crippen LogP contribution is -2.41. The van der Waals surface area contributed by atoms with E-state index in [1.165, 1.54) is 9.87 Å². The molecule has 33 heavy (non-hydrogen) atoms. The van der Waals surface area contributed by atoms with Crippen LogP contribution in [-0.4, -0.2) is 58.3 Å². The topological polar surface area (TPSA) is 94.2 Å². The van der Waals surface area contributed by atoms with E-state index in [9.17, 15) is 13.2 Å². The maximum absolute atomic E-state index is 12.8. The molecule has 1 aliphatic rings. The number of hydrogen-bond donors (Lipinski definition) is 1. The average molecular weight is 477 g/mol. The molecular weight excluding hydrogens is 444 g/mol. The summed E-state index contributed by atoms with van der Waals surface area (Å²) in [5, 5.41) is 2.62. The predicted octanol–water partition coefficient (Wildman–Crippen LogP) is 2.71. The minimum absolute atomic E-state index is 0.0199. The molecule has 0 radical (unpaired) electrons. The van der Waals surface area contributed by atoms with E-state index in [1.807, 2.05) is 36.4 Å². The number of sulfonamides is 1. The summed E-state index contributed by atoms with van der Waals surface area (Å²) in [6.07, 6.45) is 0.588. The summed E-state index contributed by atoms with van der Waals surface area (Å²) in [7, 11) is -0.406. The first-order valence-corrected chi connectivity index (χ1v) is 12.6. The Morgan fingerprint density at radius 1 is 1.06 bits per heavy atom. The first-order chi connectivity index (χ1) is 15.7. The van der Waals surface area contributed by atoms with Crippen molar-refractivity contribution in [1.29, 1.82) is 0 Å². The third-order valence-corrected chi connectivity index (χ3v) is 7.49. The molecule has 0 atom stereocenters. The number of fused-ring (bicyclic) bond motifs is 1. The fourth-order valence-corrected chi connectivity index (χ4v) is 5.02. The van der Waals surface area contributed by atoms with E-state index in [-0.39, 0.29) is 31.4 Å². The van der Waals surface area contributed by atoms with E-state index >= 15 is 0 Å². The van der Waals surface area contributed by atoms with Crippen LogP contribution in [0.1, 0.15) is 36.5 Å². The Kier molecular flexibility index (Phi) is 8.20. The zero-order chi connectivity index (χ0) is 24.0. The predicted molar refractivity (Wildman–Crippen MR) is 126 cm³/mol. The van der Waals surface area contributed by atoms with Crippen LogP contribution in [0.15, 0.2) is 36.4 Å². The highest BCUT2D eigenvalue weighted by Crippen LogP contribution is 2.33. The van der Waals surface area contributed by atoms with E-state index in [1.54, 1.807) is 14.2 Å². The Bertz CT molecular complexity index is 1070. The van der Waals surface area contributed by atoms with Crippen molar-refractivity contribution in [3.8, 4) is 17.2 Å². The number of nitrogens with zero attached hydrogens (tertiary/aromatic N) is 1. The molecular formula is C24H32N2O6S. The van der Waals surface area contributed by atoms with Gasteiger partial charge in [0.05, 0.1) is 20.0 Å². The van der Waals surface area contributed by atoms with Crippen LogP contribution in [0, 0.1) is 0 Å². The first-order valence-electron chi connectivity index (χ1n) is 10.9. The van der Waals surface area contributed by atoms with E-state index in [2.05, 4.69) is 19.2 Å². The number of benzene rings is 2. The van der Waals surface area contributed by atoms with Gasteiger partial charge in [-0.1, -0.05) is 26.0 Å². The smallest absolute Gasteiger partial charge is 0.257 e. The van der Waals surface area contributed by atoms with Gasteiger partial charge in [-0.15, -0.1) is 0 Å². The number of ether oxygens (including phenoxy) is 3. The minimum Gasteiger partial charge on any atom is -0.493 e. The van der Waals surface area contributed by atoms with Crippen molar-refractivity contribution in [2.45, 2.75) is 32.7 Å². The van der Waals surface area contributed by atoms with Gasteiger partial charge in [-0.3, -0.25) is 4.79 Å². The minimum atomic E-state index is -3.53. The van der Waals surface area contributed by atoms with Crippen LogP contribution in [0.25, 0.3) is 0 Å². The van der Waals surface area contributed by atoms with Crippen molar-refractivity contribution in [3.05, 3.63) is 53.1 Å². The zero-order valence-electron chi connectivity index (χ0n) is 19.6. The van der Waals surface area contributed by atoms with Crippen LogP contribution in [0.2, 0.25) is 0 Å². The second-order valence-corrected chi connectivity index (χ2v) is 10.3. The van der Waals surface area contributed by atoms with Crippen molar-refractivity contribution >= 4 is 15.9 Å². The Morgan fingerprint density at radius 2 is 1.70 bits per heavy atom. The SMILES string of the molecule is COc1cc2c(cc1OC)CN(S(=O)(=O)CCNC(=O)COc1ccc(C(C)C)cc1)CC2. The molecule has 0 saturated carbocycles. The number of amides is 1. The third-order valence-electron chi connectivity index (χ3n) is 5.68. The van der Waals surface area contributed by atoms with Gasteiger partial charge < -0.3 is 19.5 Å². The molecule has 0 unspecified atom stereocenters. The molecule has 1 amide bonds. The van der Waals surface area contributed by atoms with Crippen LogP contribution in [0.4, 0.5) is 0 Å². The van der Waals surface area contributed by atoms with E-state index in [0.717, 1.165) is 11.1 Å². The van der Waals surface area contributed by atoms with Crippen LogP contribution in [0.5, 0.6) is 17.2 Å². The number of rotatable bonds is 10. The molecule has 2 aromatic carbocycles. The lowest BCUT2D eigenvalue weighted by molar-refractivity contribution is -0.122. The fourth-order valence-electron chi connectivity index (χ4n) is 3.69. The summed E-state index contributed by atoms with van der Waals surface area (Å²) in [4.78, 5) is 12.1. The largest absolute Gasteiger partial charge is 0.493 e. The Morgan fingerprint density at radius 3 is 2.30 bits per heavy atom. The number of carbonyl (C=O) groups is 1. The highest BCUT2D eigenvalue weighted by atomic mass is 32.2. The second kappa shape index (κ2) is 10.9. The Hall–Kier alpha value is -2.78. The van der Waals surface area contributed by atoms with Crippen molar-refractivity contribution in [2.75, 3.05) is 39.7 Å². The Labute approximate surface area is 195 Å². The third kappa shape index (κ3) is 6.39. The summed E-state index contributed by atoms with van der Waals surface area (Å²) in [5.74, 6) is 1.68. The van der Waals surface area contributed by atoms with Crippen molar-refractivity contribution < 1.29 is 27.4 Å². The lowest BCUT2D eigenvalue weighted by atomic mass is 10.0. The summed E-state index contributed by atoms with van der Waals surface area (Å²) in [5.41, 5.74) is 3.13. The fraction of sp³-hybridized carbons (Fsp3) is 0.458. The molecule has 0 aromatic heterocycles. The number of methoxy groups -OCH3 is 2. The number of nitrogens with one attached hydrogen (secondary N) is 1. The van der Waals surface area contributed by atoms with Crippen LogP contribution < -0.4 is 19.5 Å². The molecule has 0 spiro atoms. The monoisotopic (exact) mass is 476 g/mol. The quantitative estimate of drug-likeness (QED) is 0.567. The molecule has 2 aromatic rings. The maximum atomic E-state index is 12.8. The molecule has 0 aliphatic carbocycles. The van der Waals surface area contributed by atoms with Crippen molar-refractivity contribution in [1.82, 2.24) is 9.62 Å². The van der Waals surface area contributed by atoms with Gasteiger partial charge in [0, 0.05) is 19.6 Å². The molecule has 0 bridgehead atoms. The zero-order valence-corrected chi connectivity index (χ0v) is 20.4. The second-order valence-electron chi connectivity index (χ2n) is 8.24. The molecule has 0 saturated heterocycles. The first kappa shape index (κ1) is 24.9. The van der Waals surface area contributed by atoms with Gasteiger partial charge >= 0.3 is 0 Å². The summed E-state index contributed by atoms with van der Waals surface area (Å²) >= 11 is 0. The van der Waals surface area contributed by atoms with Crippen LogP contribution in [0.3, 0.4) is 0 Å². The molecule has 8 nitrogen and oxygen atoms in total.